The zero-order chi connectivity index (χ0) is 16.3. The molecule has 1 saturated heterocycles. The third-order valence-electron chi connectivity index (χ3n) is 3.57. The van der Waals surface area contributed by atoms with Crippen LogP contribution in [-0.2, 0) is 10.0 Å². The number of primary sulfonamides is 1. The third-order valence-corrected chi connectivity index (χ3v) is 4.81. The van der Waals surface area contributed by atoms with Crippen LogP contribution in [-0.4, -0.2) is 44.2 Å². The number of hydrogen-bond acceptors (Lipinski definition) is 4. The maximum atomic E-state index is 12.2. The van der Waals surface area contributed by atoms with Gasteiger partial charge < -0.3 is 15.3 Å². The normalized spacial score (nSPS) is 19.0. The van der Waals surface area contributed by atoms with Crippen LogP contribution in [0.15, 0.2) is 23.1 Å². The number of likely N-dealkylation sites (tertiary alicyclic amines) is 1. The van der Waals surface area contributed by atoms with Gasteiger partial charge in [-0.1, -0.05) is 11.6 Å². The fourth-order valence-corrected chi connectivity index (χ4v) is 3.07. The maximum absolute atomic E-state index is 12.2. The van der Waals surface area contributed by atoms with Crippen molar-refractivity contribution in [3.8, 4) is 0 Å². The summed E-state index contributed by atoms with van der Waals surface area (Å²) < 4.78 is 22.7. The number of piperidine rings is 1. The summed E-state index contributed by atoms with van der Waals surface area (Å²) in [4.78, 5) is 13.7. The number of nitrogens with one attached hydrogen (secondary N) is 1. The molecule has 1 aromatic rings. The van der Waals surface area contributed by atoms with Gasteiger partial charge in [0.25, 0.3) is 0 Å². The molecule has 2 amide bonds. The number of carbonyl (C=O) groups is 1. The predicted molar refractivity (Wildman–Crippen MR) is 83.2 cm³/mol. The van der Waals surface area contributed by atoms with E-state index in [1.807, 2.05) is 0 Å². The number of urea groups is 1. The van der Waals surface area contributed by atoms with Gasteiger partial charge in [-0.2, -0.15) is 0 Å². The molecule has 0 spiro atoms. The Morgan fingerprint density at radius 2 is 2.23 bits per heavy atom. The lowest BCUT2D eigenvalue weighted by Crippen LogP contribution is -2.43. The lowest BCUT2D eigenvalue weighted by molar-refractivity contribution is 0.136. The number of amides is 2. The Hall–Kier alpha value is -1.35. The molecule has 0 aliphatic carbocycles. The smallest absolute Gasteiger partial charge is 0.321 e. The molecule has 122 valence electrons. The van der Waals surface area contributed by atoms with Gasteiger partial charge in [-0.15, -0.1) is 0 Å². The zero-order valence-electron chi connectivity index (χ0n) is 11.8. The highest BCUT2D eigenvalue weighted by atomic mass is 35.5. The second kappa shape index (κ2) is 6.82. The lowest BCUT2D eigenvalue weighted by atomic mass is 9.99. The number of nitrogens with zero attached hydrogens (tertiary/aromatic N) is 1. The number of carbonyl (C=O) groups excluding carboxylic acids is 1. The fourth-order valence-electron chi connectivity index (χ4n) is 2.37. The second-order valence-electron chi connectivity index (χ2n) is 5.25. The Morgan fingerprint density at radius 1 is 1.50 bits per heavy atom. The first kappa shape index (κ1) is 17.0. The molecule has 1 fully saturated rings. The Morgan fingerprint density at radius 3 is 2.86 bits per heavy atom. The molecule has 1 unspecified atom stereocenters. The van der Waals surface area contributed by atoms with Gasteiger partial charge in [-0.05, 0) is 37.0 Å². The molecule has 1 atom stereocenters. The molecule has 2 rings (SSSR count). The Bertz CT molecular complexity index is 665. The third kappa shape index (κ3) is 4.10. The first-order valence-electron chi connectivity index (χ1n) is 6.80. The average Bonchev–Trinajstić information content (AvgIpc) is 2.48. The van der Waals surface area contributed by atoms with E-state index in [4.69, 9.17) is 16.7 Å². The number of benzene rings is 1. The van der Waals surface area contributed by atoms with Gasteiger partial charge in [-0.3, -0.25) is 0 Å². The number of sulfonamides is 1. The minimum absolute atomic E-state index is 0.0332. The summed E-state index contributed by atoms with van der Waals surface area (Å²) in [5.41, 5.74) is 0.185. The largest absolute Gasteiger partial charge is 0.396 e. The highest BCUT2D eigenvalue weighted by Gasteiger charge is 2.24. The molecule has 22 heavy (non-hydrogen) atoms. The Labute approximate surface area is 134 Å². The van der Waals surface area contributed by atoms with Crippen molar-refractivity contribution in [2.45, 2.75) is 17.7 Å². The van der Waals surface area contributed by atoms with Gasteiger partial charge >= 0.3 is 6.03 Å². The minimum atomic E-state index is -3.87. The summed E-state index contributed by atoms with van der Waals surface area (Å²) in [7, 11) is -3.87. The van der Waals surface area contributed by atoms with Crippen molar-refractivity contribution in [2.24, 2.45) is 11.1 Å². The first-order chi connectivity index (χ1) is 10.3. The zero-order valence-corrected chi connectivity index (χ0v) is 13.4. The van der Waals surface area contributed by atoms with E-state index in [1.54, 1.807) is 4.90 Å². The highest BCUT2D eigenvalue weighted by molar-refractivity contribution is 7.89. The number of hydrogen-bond donors (Lipinski definition) is 3. The summed E-state index contributed by atoms with van der Waals surface area (Å²) >= 11 is 5.98. The van der Waals surface area contributed by atoms with Crippen molar-refractivity contribution in [3.05, 3.63) is 23.2 Å². The van der Waals surface area contributed by atoms with Crippen molar-refractivity contribution in [3.63, 3.8) is 0 Å². The van der Waals surface area contributed by atoms with Gasteiger partial charge in [0.05, 0.1) is 15.6 Å². The van der Waals surface area contributed by atoms with Gasteiger partial charge in [-0.25, -0.2) is 18.4 Å². The molecule has 0 radical (unpaired) electrons. The van der Waals surface area contributed by atoms with Crippen molar-refractivity contribution in [2.75, 3.05) is 25.0 Å². The minimum Gasteiger partial charge on any atom is -0.396 e. The van der Waals surface area contributed by atoms with Crippen LogP contribution in [0.25, 0.3) is 0 Å². The lowest BCUT2D eigenvalue weighted by Gasteiger charge is -2.31. The maximum Gasteiger partial charge on any atom is 0.321 e. The number of aliphatic hydroxyl groups is 1. The molecule has 1 aromatic carbocycles. The summed E-state index contributed by atoms with van der Waals surface area (Å²) in [6.45, 7) is 1.06. The highest BCUT2D eigenvalue weighted by Crippen LogP contribution is 2.26. The van der Waals surface area contributed by atoms with Crippen molar-refractivity contribution >= 4 is 33.3 Å². The van der Waals surface area contributed by atoms with Crippen LogP contribution in [0.2, 0.25) is 5.02 Å². The van der Waals surface area contributed by atoms with Gasteiger partial charge in [0.2, 0.25) is 10.0 Å². The molecule has 1 heterocycles. The molecule has 7 nitrogen and oxygen atoms in total. The van der Waals surface area contributed by atoms with Crippen LogP contribution in [0.5, 0.6) is 0 Å². The van der Waals surface area contributed by atoms with Crippen LogP contribution in [0.1, 0.15) is 12.8 Å². The number of halogens is 1. The number of aliphatic hydroxyl groups excluding tert-OH is 1. The molecule has 4 N–H and O–H groups in total. The van der Waals surface area contributed by atoms with Crippen LogP contribution in [0, 0.1) is 5.92 Å². The van der Waals surface area contributed by atoms with Gasteiger partial charge in [0.1, 0.15) is 0 Å². The van der Waals surface area contributed by atoms with Gasteiger partial charge in [0, 0.05) is 19.7 Å². The first-order valence-corrected chi connectivity index (χ1v) is 8.73. The Balaban J connectivity index is 2.14. The van der Waals surface area contributed by atoms with Gasteiger partial charge in [0.15, 0.2) is 0 Å². The second-order valence-corrected chi connectivity index (χ2v) is 7.22. The molecule has 1 aliphatic heterocycles. The molecule has 0 saturated carbocycles. The van der Waals surface area contributed by atoms with E-state index >= 15 is 0 Å². The summed E-state index contributed by atoms with van der Waals surface area (Å²) in [5, 5.41) is 17.1. The quantitative estimate of drug-likeness (QED) is 0.763. The molecule has 1 aliphatic rings. The summed E-state index contributed by atoms with van der Waals surface area (Å²) in [6.07, 6.45) is 1.69. The number of anilines is 1. The van der Waals surface area contributed by atoms with Crippen molar-refractivity contribution in [1.29, 1.82) is 0 Å². The number of nitrogens with two attached hydrogens (primary N) is 1. The van der Waals surface area contributed by atoms with Crippen LogP contribution in [0.3, 0.4) is 0 Å². The summed E-state index contributed by atoms with van der Waals surface area (Å²) in [6, 6.07) is 3.48. The SMILES string of the molecule is NS(=O)(=O)c1ccc(Cl)c(NC(=O)N2CCCC(CO)C2)c1. The molecule has 9 heteroatoms. The van der Waals surface area contributed by atoms with Crippen LogP contribution < -0.4 is 10.5 Å². The molecule has 0 aromatic heterocycles. The fraction of sp³-hybridized carbons (Fsp3) is 0.462. The standard InChI is InChI=1S/C13H18ClN3O4S/c14-11-4-3-10(22(15,20)21)6-12(11)16-13(19)17-5-1-2-9(7-17)8-18/h3-4,6,9,18H,1-2,5,7-8H2,(H,16,19)(H2,15,20,21). The van der Waals surface area contributed by atoms with Crippen LogP contribution >= 0.6 is 11.6 Å². The van der Waals surface area contributed by atoms with E-state index in [9.17, 15) is 18.3 Å². The van der Waals surface area contributed by atoms with E-state index in [2.05, 4.69) is 5.32 Å². The van der Waals surface area contributed by atoms with Crippen LogP contribution in [0.4, 0.5) is 10.5 Å². The van der Waals surface area contributed by atoms with E-state index in [-0.39, 0.29) is 34.2 Å². The van der Waals surface area contributed by atoms with E-state index in [0.29, 0.717) is 13.1 Å². The van der Waals surface area contributed by atoms with Crippen molar-refractivity contribution < 1.29 is 18.3 Å². The monoisotopic (exact) mass is 347 g/mol. The predicted octanol–water partition coefficient (Wildman–Crippen LogP) is 1.22. The average molecular weight is 348 g/mol. The molecular weight excluding hydrogens is 330 g/mol. The molecular formula is C13H18ClN3O4S. The van der Waals surface area contributed by atoms with E-state index in [1.165, 1.54) is 18.2 Å². The topological polar surface area (TPSA) is 113 Å². The van der Waals surface area contributed by atoms with E-state index in [0.717, 1.165) is 12.8 Å². The number of rotatable bonds is 3. The summed E-state index contributed by atoms with van der Waals surface area (Å²) in [5.74, 6) is 0.0609. The van der Waals surface area contributed by atoms with Crippen molar-refractivity contribution in [1.82, 2.24) is 4.90 Å². The molecule has 0 bridgehead atoms. The Kier molecular flexibility index (Phi) is 5.28. The van der Waals surface area contributed by atoms with E-state index < -0.39 is 10.0 Å².